The van der Waals surface area contributed by atoms with E-state index in [0.717, 1.165) is 12.3 Å². The summed E-state index contributed by atoms with van der Waals surface area (Å²) in [6.07, 6.45) is 1.10. The zero-order chi connectivity index (χ0) is 13.9. The quantitative estimate of drug-likeness (QED) is 0.629. The molecule has 1 heterocycles. The summed E-state index contributed by atoms with van der Waals surface area (Å²) in [5.74, 6) is -1.16. The Bertz CT molecular complexity index is 480. The van der Waals surface area contributed by atoms with Gasteiger partial charge in [-0.25, -0.2) is 9.78 Å². The van der Waals surface area contributed by atoms with E-state index >= 15 is 0 Å². The molecule has 1 aromatic rings. The highest BCUT2D eigenvalue weighted by Crippen LogP contribution is 2.24. The summed E-state index contributed by atoms with van der Waals surface area (Å²) >= 11 is 0. The first-order chi connectivity index (χ1) is 8.20. The molecule has 0 spiro atoms. The Balaban J connectivity index is 3.05. The lowest BCUT2D eigenvalue weighted by molar-refractivity contribution is -0.384. The highest BCUT2D eigenvalue weighted by Gasteiger charge is 2.20. The van der Waals surface area contributed by atoms with Gasteiger partial charge in [0.25, 0.3) is 0 Å². The van der Waals surface area contributed by atoms with E-state index in [9.17, 15) is 14.9 Å². The first-order valence-electron chi connectivity index (χ1n) is 5.32. The number of rotatable bonds is 4. The molecule has 7 heteroatoms. The molecule has 0 fully saturated rings. The van der Waals surface area contributed by atoms with Gasteiger partial charge in [-0.05, 0) is 5.41 Å². The molecule has 0 bridgehead atoms. The minimum absolute atomic E-state index is 0.0684. The average molecular weight is 253 g/mol. The summed E-state index contributed by atoms with van der Waals surface area (Å²) in [6, 6.07) is 1.00. The van der Waals surface area contributed by atoms with Crippen molar-refractivity contribution >= 4 is 17.5 Å². The average Bonchev–Trinajstić information content (AvgIpc) is 2.24. The molecule has 2 N–H and O–H groups in total. The van der Waals surface area contributed by atoms with Gasteiger partial charge in [0.1, 0.15) is 0 Å². The Labute approximate surface area is 104 Å². The van der Waals surface area contributed by atoms with E-state index in [-0.39, 0.29) is 22.5 Å². The minimum Gasteiger partial charge on any atom is -0.478 e. The fourth-order valence-corrected chi connectivity index (χ4v) is 1.19. The van der Waals surface area contributed by atoms with Crippen molar-refractivity contribution in [2.24, 2.45) is 5.41 Å². The predicted molar refractivity (Wildman–Crippen MR) is 65.8 cm³/mol. The van der Waals surface area contributed by atoms with Crippen molar-refractivity contribution in [1.29, 1.82) is 0 Å². The van der Waals surface area contributed by atoms with Crippen LogP contribution in [0.1, 0.15) is 31.1 Å². The van der Waals surface area contributed by atoms with Gasteiger partial charge >= 0.3 is 11.7 Å². The Kier molecular flexibility index (Phi) is 3.85. The lowest BCUT2D eigenvalue weighted by Gasteiger charge is -2.18. The number of carbonyl (C=O) groups is 1. The van der Waals surface area contributed by atoms with E-state index in [4.69, 9.17) is 5.11 Å². The molecule has 0 aliphatic carbocycles. The van der Waals surface area contributed by atoms with Crippen LogP contribution in [0.3, 0.4) is 0 Å². The van der Waals surface area contributed by atoms with Crippen LogP contribution < -0.4 is 5.32 Å². The zero-order valence-electron chi connectivity index (χ0n) is 10.4. The van der Waals surface area contributed by atoms with Crippen LogP contribution in [0.4, 0.5) is 11.5 Å². The molecule has 98 valence electrons. The van der Waals surface area contributed by atoms with E-state index in [0.29, 0.717) is 6.54 Å². The molecule has 0 saturated heterocycles. The number of nitro groups is 1. The SMILES string of the molecule is CC(C)(C)CNc1ncc(C(=O)O)cc1[N+](=O)[O-]. The fourth-order valence-electron chi connectivity index (χ4n) is 1.19. The summed E-state index contributed by atoms with van der Waals surface area (Å²) in [6.45, 7) is 6.40. The molecule has 0 amide bonds. The zero-order valence-corrected chi connectivity index (χ0v) is 10.4. The van der Waals surface area contributed by atoms with Gasteiger partial charge in [0.05, 0.1) is 10.5 Å². The van der Waals surface area contributed by atoms with Crippen LogP contribution in [0, 0.1) is 15.5 Å². The third-order valence-corrected chi connectivity index (χ3v) is 2.10. The van der Waals surface area contributed by atoms with Crippen LogP contribution in [0.25, 0.3) is 0 Å². The lowest BCUT2D eigenvalue weighted by atomic mass is 9.97. The minimum atomic E-state index is -1.24. The van der Waals surface area contributed by atoms with Crippen LogP contribution in [-0.4, -0.2) is 27.5 Å². The van der Waals surface area contributed by atoms with Crippen LogP contribution in [0.2, 0.25) is 0 Å². The van der Waals surface area contributed by atoms with Crippen LogP contribution >= 0.6 is 0 Å². The molecule has 18 heavy (non-hydrogen) atoms. The smallest absolute Gasteiger partial charge is 0.337 e. The number of nitrogens with zero attached hydrogens (tertiary/aromatic N) is 2. The molecule has 0 aliphatic heterocycles. The molecule has 0 aromatic carbocycles. The van der Waals surface area contributed by atoms with Crippen molar-refractivity contribution in [3.63, 3.8) is 0 Å². The van der Waals surface area contributed by atoms with Crippen molar-refractivity contribution in [3.05, 3.63) is 27.9 Å². The number of hydrogen-bond acceptors (Lipinski definition) is 5. The number of aromatic nitrogens is 1. The molecule has 0 atom stereocenters. The molecule has 0 saturated carbocycles. The monoisotopic (exact) mass is 253 g/mol. The number of carboxylic acid groups (broad SMARTS) is 1. The maximum atomic E-state index is 10.9. The van der Waals surface area contributed by atoms with E-state index in [1.807, 2.05) is 20.8 Å². The van der Waals surface area contributed by atoms with Crippen molar-refractivity contribution in [2.45, 2.75) is 20.8 Å². The Hall–Kier alpha value is -2.18. The normalized spacial score (nSPS) is 11.1. The third kappa shape index (κ3) is 3.69. The molecular weight excluding hydrogens is 238 g/mol. The molecular formula is C11H15N3O4. The van der Waals surface area contributed by atoms with Gasteiger partial charge in [-0.15, -0.1) is 0 Å². The van der Waals surface area contributed by atoms with Gasteiger partial charge < -0.3 is 10.4 Å². The second-order valence-electron chi connectivity index (χ2n) is 5.07. The third-order valence-electron chi connectivity index (χ3n) is 2.10. The summed E-state index contributed by atoms with van der Waals surface area (Å²) in [5.41, 5.74) is -0.608. The Morgan fingerprint density at radius 3 is 2.61 bits per heavy atom. The van der Waals surface area contributed by atoms with Gasteiger partial charge in [0.15, 0.2) is 0 Å². The van der Waals surface area contributed by atoms with Crippen molar-refractivity contribution < 1.29 is 14.8 Å². The summed E-state index contributed by atoms with van der Waals surface area (Å²) in [7, 11) is 0. The molecule has 1 aromatic heterocycles. The number of nitrogens with one attached hydrogen (secondary N) is 1. The molecule has 7 nitrogen and oxygen atoms in total. The highest BCUT2D eigenvalue weighted by molar-refractivity contribution is 5.88. The fraction of sp³-hybridized carbons (Fsp3) is 0.455. The topological polar surface area (TPSA) is 105 Å². The van der Waals surface area contributed by atoms with Crippen LogP contribution in [0.15, 0.2) is 12.3 Å². The number of aromatic carboxylic acids is 1. The maximum Gasteiger partial charge on any atom is 0.337 e. The Morgan fingerprint density at radius 1 is 1.56 bits per heavy atom. The second-order valence-corrected chi connectivity index (χ2v) is 5.07. The lowest BCUT2D eigenvalue weighted by Crippen LogP contribution is -2.20. The van der Waals surface area contributed by atoms with E-state index in [1.54, 1.807) is 0 Å². The van der Waals surface area contributed by atoms with Gasteiger partial charge in [0.2, 0.25) is 5.82 Å². The first kappa shape index (κ1) is 13.9. The van der Waals surface area contributed by atoms with Gasteiger partial charge in [-0.2, -0.15) is 0 Å². The number of hydrogen-bond donors (Lipinski definition) is 2. The maximum absolute atomic E-state index is 10.9. The van der Waals surface area contributed by atoms with Crippen LogP contribution in [-0.2, 0) is 0 Å². The highest BCUT2D eigenvalue weighted by atomic mass is 16.6. The number of carboxylic acids is 1. The van der Waals surface area contributed by atoms with Gasteiger partial charge in [-0.1, -0.05) is 20.8 Å². The largest absolute Gasteiger partial charge is 0.478 e. The van der Waals surface area contributed by atoms with Crippen molar-refractivity contribution in [3.8, 4) is 0 Å². The summed E-state index contributed by atoms with van der Waals surface area (Å²) in [5, 5.41) is 22.5. The molecule has 0 unspecified atom stereocenters. The molecule has 0 radical (unpaired) electrons. The summed E-state index contributed by atoms with van der Waals surface area (Å²) in [4.78, 5) is 24.7. The predicted octanol–water partition coefficient (Wildman–Crippen LogP) is 2.15. The van der Waals surface area contributed by atoms with Crippen molar-refractivity contribution in [1.82, 2.24) is 4.98 Å². The number of anilines is 1. The van der Waals surface area contributed by atoms with Gasteiger partial charge in [0, 0.05) is 18.8 Å². The van der Waals surface area contributed by atoms with E-state index in [2.05, 4.69) is 10.3 Å². The van der Waals surface area contributed by atoms with E-state index < -0.39 is 10.9 Å². The number of pyridine rings is 1. The van der Waals surface area contributed by atoms with Gasteiger partial charge in [-0.3, -0.25) is 10.1 Å². The van der Waals surface area contributed by atoms with E-state index in [1.165, 1.54) is 0 Å². The second kappa shape index (κ2) is 4.99. The molecule has 1 rings (SSSR count). The summed E-state index contributed by atoms with van der Waals surface area (Å²) < 4.78 is 0. The standard InChI is InChI=1S/C11H15N3O4/c1-11(2,3)6-13-9-8(14(17)18)4-7(5-12-9)10(15)16/h4-5H,6H2,1-3H3,(H,12,13)(H,15,16). The molecule has 0 aliphatic rings. The van der Waals surface area contributed by atoms with Crippen LogP contribution in [0.5, 0.6) is 0 Å². The Morgan fingerprint density at radius 2 is 2.17 bits per heavy atom. The first-order valence-corrected chi connectivity index (χ1v) is 5.32. The van der Waals surface area contributed by atoms with Crippen molar-refractivity contribution in [2.75, 3.05) is 11.9 Å².